The van der Waals surface area contributed by atoms with Crippen LogP contribution in [0.3, 0.4) is 0 Å². The fourth-order valence-electron chi connectivity index (χ4n) is 3.94. The standard InChI is InChI=1S/C18H25N3O4/c1-2-12-8-14(20-19-12)18(23)21-6-5-13(15(22)9-21)11-3-4-16-17(7-11)25-10-24-16/h3-4,7,12-15,19-20,22H,2,5-6,8-10H2,1H3/t12?,13-,14?,15+/m0/s1. The summed E-state index contributed by atoms with van der Waals surface area (Å²) >= 11 is 0. The number of amides is 1. The van der Waals surface area contributed by atoms with E-state index in [0.29, 0.717) is 19.1 Å². The third kappa shape index (κ3) is 3.19. The summed E-state index contributed by atoms with van der Waals surface area (Å²) in [6, 6.07) is 5.96. The molecule has 2 unspecified atom stereocenters. The van der Waals surface area contributed by atoms with Gasteiger partial charge in [-0.25, -0.2) is 5.43 Å². The van der Waals surface area contributed by atoms with E-state index in [1.807, 2.05) is 18.2 Å². The van der Waals surface area contributed by atoms with Crippen LogP contribution in [0.15, 0.2) is 18.2 Å². The highest BCUT2D eigenvalue weighted by Gasteiger charge is 2.36. The number of rotatable bonds is 3. The van der Waals surface area contributed by atoms with Crippen molar-refractivity contribution in [3.05, 3.63) is 23.8 Å². The van der Waals surface area contributed by atoms with E-state index in [4.69, 9.17) is 9.47 Å². The summed E-state index contributed by atoms with van der Waals surface area (Å²) in [5, 5.41) is 10.6. The SMILES string of the molecule is CCC1CC(C(=O)N2CC[C@@H](c3ccc4c(c3)OCO4)[C@H](O)C2)NN1. The molecule has 0 saturated carbocycles. The molecule has 4 atom stereocenters. The molecule has 2 fully saturated rings. The van der Waals surface area contributed by atoms with Crippen molar-refractivity contribution in [2.75, 3.05) is 19.9 Å². The second kappa shape index (κ2) is 6.82. The molecule has 4 rings (SSSR count). The number of hydrogen-bond acceptors (Lipinski definition) is 6. The maximum atomic E-state index is 12.7. The van der Waals surface area contributed by atoms with Crippen LogP contribution in [0.1, 0.15) is 37.7 Å². The lowest BCUT2D eigenvalue weighted by Gasteiger charge is -2.37. The molecule has 0 bridgehead atoms. The zero-order chi connectivity index (χ0) is 17.4. The second-order valence-electron chi connectivity index (χ2n) is 7.04. The van der Waals surface area contributed by atoms with Gasteiger partial charge < -0.3 is 19.5 Å². The number of aliphatic hydroxyl groups is 1. The first-order valence-electron chi connectivity index (χ1n) is 9.03. The molecule has 2 saturated heterocycles. The van der Waals surface area contributed by atoms with E-state index in [-0.39, 0.29) is 24.7 Å². The first-order chi connectivity index (χ1) is 12.2. The van der Waals surface area contributed by atoms with Crippen LogP contribution in [-0.4, -0.2) is 54.0 Å². The van der Waals surface area contributed by atoms with Crippen LogP contribution in [0.4, 0.5) is 0 Å². The predicted molar refractivity (Wildman–Crippen MR) is 91.3 cm³/mol. The predicted octanol–water partition coefficient (Wildman–Crippen LogP) is 0.737. The Kier molecular flexibility index (Phi) is 4.54. The monoisotopic (exact) mass is 347 g/mol. The molecular formula is C18H25N3O4. The average Bonchev–Trinajstić information content (AvgIpc) is 3.29. The number of nitrogens with zero attached hydrogens (tertiary/aromatic N) is 1. The topological polar surface area (TPSA) is 83.1 Å². The number of aliphatic hydroxyl groups excluding tert-OH is 1. The van der Waals surface area contributed by atoms with Gasteiger partial charge in [0.2, 0.25) is 12.7 Å². The van der Waals surface area contributed by atoms with Crippen molar-refractivity contribution in [3.8, 4) is 11.5 Å². The van der Waals surface area contributed by atoms with Crippen molar-refractivity contribution in [2.45, 2.75) is 50.3 Å². The summed E-state index contributed by atoms with van der Waals surface area (Å²) in [7, 11) is 0. The van der Waals surface area contributed by atoms with Gasteiger partial charge in [0.1, 0.15) is 6.04 Å². The van der Waals surface area contributed by atoms with Crippen LogP contribution >= 0.6 is 0 Å². The van der Waals surface area contributed by atoms with E-state index >= 15 is 0 Å². The lowest BCUT2D eigenvalue weighted by atomic mass is 9.86. The van der Waals surface area contributed by atoms with Gasteiger partial charge >= 0.3 is 0 Å². The van der Waals surface area contributed by atoms with Crippen molar-refractivity contribution in [2.24, 2.45) is 0 Å². The van der Waals surface area contributed by atoms with Crippen LogP contribution in [-0.2, 0) is 4.79 Å². The largest absolute Gasteiger partial charge is 0.454 e. The molecule has 1 amide bonds. The van der Waals surface area contributed by atoms with Gasteiger partial charge in [0.15, 0.2) is 11.5 Å². The summed E-state index contributed by atoms with van der Waals surface area (Å²) in [6.45, 7) is 3.37. The molecule has 3 N–H and O–H groups in total. The Morgan fingerprint density at radius 1 is 1.32 bits per heavy atom. The van der Waals surface area contributed by atoms with Gasteiger partial charge in [-0.05, 0) is 37.0 Å². The second-order valence-corrected chi connectivity index (χ2v) is 7.04. The van der Waals surface area contributed by atoms with Crippen molar-refractivity contribution in [3.63, 3.8) is 0 Å². The van der Waals surface area contributed by atoms with Crippen molar-refractivity contribution in [1.82, 2.24) is 15.8 Å². The molecule has 1 aromatic rings. The number of carbonyl (C=O) groups excluding carboxylic acids is 1. The molecule has 7 nitrogen and oxygen atoms in total. The van der Waals surface area contributed by atoms with Crippen molar-refractivity contribution >= 4 is 5.91 Å². The van der Waals surface area contributed by atoms with E-state index in [9.17, 15) is 9.90 Å². The van der Waals surface area contributed by atoms with E-state index in [2.05, 4.69) is 17.8 Å². The minimum absolute atomic E-state index is 0.0107. The average molecular weight is 347 g/mol. The van der Waals surface area contributed by atoms with Crippen molar-refractivity contribution in [1.29, 1.82) is 0 Å². The molecule has 0 spiro atoms. The molecule has 0 aliphatic carbocycles. The molecule has 7 heteroatoms. The number of fused-ring (bicyclic) bond motifs is 1. The van der Waals surface area contributed by atoms with E-state index in [1.165, 1.54) is 0 Å². The van der Waals surface area contributed by atoms with Crippen LogP contribution in [0, 0.1) is 0 Å². The Morgan fingerprint density at radius 3 is 2.92 bits per heavy atom. The summed E-state index contributed by atoms with van der Waals surface area (Å²) < 4.78 is 10.8. The minimum Gasteiger partial charge on any atom is -0.454 e. The zero-order valence-electron chi connectivity index (χ0n) is 14.4. The van der Waals surface area contributed by atoms with Crippen LogP contribution in [0.2, 0.25) is 0 Å². The van der Waals surface area contributed by atoms with Gasteiger partial charge in [-0.1, -0.05) is 13.0 Å². The first kappa shape index (κ1) is 16.6. The fraction of sp³-hybridized carbons (Fsp3) is 0.611. The first-order valence-corrected chi connectivity index (χ1v) is 9.03. The Hall–Kier alpha value is -1.83. The highest BCUT2D eigenvalue weighted by atomic mass is 16.7. The Balaban J connectivity index is 1.40. The molecule has 0 aromatic heterocycles. The zero-order valence-corrected chi connectivity index (χ0v) is 14.4. The lowest BCUT2D eigenvalue weighted by molar-refractivity contribution is -0.136. The quantitative estimate of drug-likeness (QED) is 0.748. The summed E-state index contributed by atoms with van der Waals surface area (Å²) in [6.07, 6.45) is 1.96. The number of benzene rings is 1. The summed E-state index contributed by atoms with van der Waals surface area (Å²) in [4.78, 5) is 14.5. The highest BCUT2D eigenvalue weighted by molar-refractivity contribution is 5.82. The Labute approximate surface area is 147 Å². The molecule has 3 heterocycles. The van der Waals surface area contributed by atoms with Gasteiger partial charge in [0.25, 0.3) is 0 Å². The molecule has 136 valence electrons. The van der Waals surface area contributed by atoms with Crippen molar-refractivity contribution < 1.29 is 19.4 Å². The van der Waals surface area contributed by atoms with Crippen LogP contribution in [0.5, 0.6) is 11.5 Å². The molecule has 3 aliphatic rings. The number of hydrazine groups is 1. The normalized spacial score (nSPS) is 31.4. The molecule has 25 heavy (non-hydrogen) atoms. The smallest absolute Gasteiger partial charge is 0.241 e. The van der Waals surface area contributed by atoms with E-state index < -0.39 is 6.10 Å². The van der Waals surface area contributed by atoms with Crippen LogP contribution in [0.25, 0.3) is 0 Å². The number of nitrogens with one attached hydrogen (secondary N) is 2. The van der Waals surface area contributed by atoms with E-state index in [1.54, 1.807) is 4.90 Å². The maximum Gasteiger partial charge on any atom is 0.241 e. The number of piperidine rings is 1. The fourth-order valence-corrected chi connectivity index (χ4v) is 3.94. The van der Waals surface area contributed by atoms with Gasteiger partial charge in [0.05, 0.1) is 6.10 Å². The third-order valence-corrected chi connectivity index (χ3v) is 5.49. The molecule has 1 aromatic carbocycles. The number of ether oxygens (including phenoxy) is 2. The Morgan fingerprint density at radius 2 is 2.16 bits per heavy atom. The third-order valence-electron chi connectivity index (χ3n) is 5.49. The molecule has 3 aliphatic heterocycles. The van der Waals surface area contributed by atoms with Gasteiger partial charge in [0, 0.05) is 25.0 Å². The van der Waals surface area contributed by atoms with E-state index in [0.717, 1.165) is 36.3 Å². The number of hydrogen-bond donors (Lipinski definition) is 3. The van der Waals surface area contributed by atoms with Gasteiger partial charge in [-0.3, -0.25) is 10.2 Å². The van der Waals surface area contributed by atoms with Crippen LogP contribution < -0.4 is 20.3 Å². The number of β-amino-alcohol motifs (C(OH)–C–C–N with tert-alkyl or cyclic N) is 1. The lowest BCUT2D eigenvalue weighted by Crippen LogP contribution is -2.52. The summed E-state index contributed by atoms with van der Waals surface area (Å²) in [5.74, 6) is 1.56. The summed E-state index contributed by atoms with van der Waals surface area (Å²) in [5.41, 5.74) is 7.29. The van der Waals surface area contributed by atoms with Gasteiger partial charge in [-0.2, -0.15) is 0 Å². The number of carbonyl (C=O) groups is 1. The maximum absolute atomic E-state index is 12.7. The van der Waals surface area contributed by atoms with Gasteiger partial charge in [-0.15, -0.1) is 0 Å². The minimum atomic E-state index is -0.575. The Bertz CT molecular complexity index is 653. The molecular weight excluding hydrogens is 322 g/mol. The number of likely N-dealkylation sites (tertiary alicyclic amines) is 1. The molecule has 0 radical (unpaired) electrons. The highest BCUT2D eigenvalue weighted by Crippen LogP contribution is 2.37.